The number of aromatic nitrogens is 4. The summed E-state index contributed by atoms with van der Waals surface area (Å²) in [5.74, 6) is 1.22. The first-order valence-electron chi connectivity index (χ1n) is 11.3. The molecule has 0 spiro atoms. The number of nitrogens with zero attached hydrogens (tertiary/aromatic N) is 5. The minimum atomic E-state index is -4.59. The number of alkyl halides is 3. The summed E-state index contributed by atoms with van der Waals surface area (Å²) in [4.78, 5) is 13.1. The van der Waals surface area contributed by atoms with E-state index in [2.05, 4.69) is 15.1 Å². The summed E-state index contributed by atoms with van der Waals surface area (Å²) in [5, 5.41) is 5.50. The average molecular weight is 493 g/mol. The number of anilines is 1. The monoisotopic (exact) mass is 492 g/mol. The molecule has 2 aliphatic rings. The lowest BCUT2D eigenvalue weighted by molar-refractivity contribution is -0.0923. The van der Waals surface area contributed by atoms with E-state index in [4.69, 9.17) is 15.5 Å². The maximum atomic E-state index is 13.7. The number of allylic oxidation sites excluding steroid dienone is 6. The van der Waals surface area contributed by atoms with E-state index < -0.39 is 11.9 Å². The van der Waals surface area contributed by atoms with Crippen molar-refractivity contribution in [3.8, 4) is 5.75 Å². The molecule has 7 nitrogen and oxygen atoms in total. The molecule has 0 saturated carbocycles. The second-order valence-corrected chi connectivity index (χ2v) is 8.54. The maximum absolute atomic E-state index is 13.7. The smallest absolute Gasteiger partial charge is 0.433 e. The first-order chi connectivity index (χ1) is 17.2. The summed E-state index contributed by atoms with van der Waals surface area (Å²) >= 11 is 0. The van der Waals surface area contributed by atoms with Crippen molar-refractivity contribution in [3.63, 3.8) is 0 Å². The number of ether oxygens (including phenoxy) is 1. The van der Waals surface area contributed by atoms with Crippen molar-refractivity contribution < 1.29 is 17.9 Å². The van der Waals surface area contributed by atoms with Crippen LogP contribution in [0.5, 0.6) is 5.75 Å². The van der Waals surface area contributed by atoms with Gasteiger partial charge in [0.15, 0.2) is 11.5 Å². The van der Waals surface area contributed by atoms with E-state index in [1.54, 1.807) is 14.0 Å². The zero-order valence-corrected chi connectivity index (χ0v) is 19.7. The molecule has 36 heavy (non-hydrogen) atoms. The molecule has 1 aromatic carbocycles. The summed E-state index contributed by atoms with van der Waals surface area (Å²) in [6, 6.07) is 7.49. The molecule has 0 atom stereocenters. The highest BCUT2D eigenvalue weighted by Crippen LogP contribution is 2.31. The number of nitrogens with two attached hydrogens (primary N) is 1. The highest BCUT2D eigenvalue weighted by atomic mass is 19.4. The second kappa shape index (κ2) is 9.10. The Kier molecular flexibility index (Phi) is 5.95. The Morgan fingerprint density at radius 3 is 2.64 bits per heavy atom. The van der Waals surface area contributed by atoms with Gasteiger partial charge in [0.2, 0.25) is 5.95 Å². The summed E-state index contributed by atoms with van der Waals surface area (Å²) in [6.07, 6.45) is 5.20. The standard InChI is InChI=1S/C26H23F3N6O/c1-15-12-18(13-20(31-15)26(27,28)29)22-23(16-8-4-3-5-9-16)33-25(30)35-24(22)32-21(34-35)14-17-10-6-7-11-19(17)36-2/h3-8,10-11,13H,9,12,14H2,1-2H3,(H2,30,33). The van der Waals surface area contributed by atoms with Gasteiger partial charge in [-0.25, -0.2) is 9.97 Å². The lowest BCUT2D eigenvalue weighted by Crippen LogP contribution is -2.37. The van der Waals surface area contributed by atoms with Crippen LogP contribution < -0.4 is 21.0 Å². The molecule has 10 heteroatoms. The van der Waals surface area contributed by atoms with Gasteiger partial charge in [-0.15, -0.1) is 5.10 Å². The van der Waals surface area contributed by atoms with Crippen LogP contribution in [0.2, 0.25) is 0 Å². The van der Waals surface area contributed by atoms with E-state index in [9.17, 15) is 13.2 Å². The summed E-state index contributed by atoms with van der Waals surface area (Å²) in [6.45, 7) is 1.58. The molecule has 0 bridgehead atoms. The van der Waals surface area contributed by atoms with Gasteiger partial charge < -0.3 is 10.5 Å². The molecule has 3 aromatic rings. The molecule has 1 aliphatic heterocycles. The summed E-state index contributed by atoms with van der Waals surface area (Å²) in [7, 11) is 1.58. The van der Waals surface area contributed by atoms with Crippen LogP contribution in [0.25, 0.3) is 16.8 Å². The van der Waals surface area contributed by atoms with Gasteiger partial charge in [-0.2, -0.15) is 17.7 Å². The Bertz CT molecular complexity index is 1610. The number of halogens is 3. The van der Waals surface area contributed by atoms with Crippen molar-refractivity contribution in [1.29, 1.82) is 0 Å². The van der Waals surface area contributed by atoms with Crippen molar-refractivity contribution in [2.75, 3.05) is 12.8 Å². The van der Waals surface area contributed by atoms with Crippen molar-refractivity contribution in [1.82, 2.24) is 19.6 Å². The molecule has 2 N–H and O–H groups in total. The molecule has 0 radical (unpaired) electrons. The van der Waals surface area contributed by atoms with Gasteiger partial charge >= 0.3 is 6.18 Å². The molecule has 5 rings (SSSR count). The summed E-state index contributed by atoms with van der Waals surface area (Å²) < 4.78 is 47.8. The third-order valence-corrected chi connectivity index (χ3v) is 5.96. The molecular formula is C26H23F3N6O. The predicted molar refractivity (Wildman–Crippen MR) is 132 cm³/mol. The van der Waals surface area contributed by atoms with Gasteiger partial charge in [0.1, 0.15) is 11.4 Å². The first kappa shape index (κ1) is 23.5. The van der Waals surface area contributed by atoms with Crippen LogP contribution in [0.15, 0.2) is 65.3 Å². The first-order valence-corrected chi connectivity index (χ1v) is 11.3. The maximum Gasteiger partial charge on any atom is 0.433 e. The van der Waals surface area contributed by atoms with Gasteiger partial charge in [0, 0.05) is 29.3 Å². The highest BCUT2D eigenvalue weighted by Gasteiger charge is 2.35. The van der Waals surface area contributed by atoms with E-state index in [1.807, 2.05) is 48.6 Å². The third-order valence-electron chi connectivity index (χ3n) is 5.96. The number of rotatable bonds is 3. The zero-order valence-electron chi connectivity index (χ0n) is 19.7. The van der Waals surface area contributed by atoms with E-state index >= 15 is 0 Å². The Labute approximate surface area is 204 Å². The van der Waals surface area contributed by atoms with Crippen molar-refractivity contribution in [2.45, 2.75) is 32.4 Å². The van der Waals surface area contributed by atoms with Crippen molar-refractivity contribution in [2.24, 2.45) is 4.99 Å². The fourth-order valence-electron chi connectivity index (χ4n) is 4.39. The third kappa shape index (κ3) is 4.41. The predicted octanol–water partition coefficient (Wildman–Crippen LogP) is 3.43. The number of para-hydroxylation sites is 1. The number of aliphatic imine (C=N–C) groups is 1. The number of benzene rings is 1. The van der Waals surface area contributed by atoms with Crippen LogP contribution in [-0.2, 0) is 6.42 Å². The molecule has 0 unspecified atom stereocenters. The molecule has 2 aromatic heterocycles. The zero-order chi connectivity index (χ0) is 25.4. The second-order valence-electron chi connectivity index (χ2n) is 8.54. The highest BCUT2D eigenvalue weighted by molar-refractivity contribution is 5.94. The number of hydrogen-bond donors (Lipinski definition) is 1. The molecular weight excluding hydrogens is 469 g/mol. The topological polar surface area (TPSA) is 90.7 Å². The van der Waals surface area contributed by atoms with E-state index in [1.165, 1.54) is 4.52 Å². The molecule has 0 amide bonds. The van der Waals surface area contributed by atoms with E-state index in [-0.39, 0.29) is 12.4 Å². The van der Waals surface area contributed by atoms with E-state index in [0.717, 1.165) is 17.2 Å². The molecule has 0 fully saturated rings. The number of nitrogen functional groups attached to an aromatic ring is 1. The van der Waals surface area contributed by atoms with Gasteiger partial charge in [0.05, 0.1) is 12.5 Å². The van der Waals surface area contributed by atoms with Crippen LogP contribution in [0.1, 0.15) is 31.2 Å². The Balaban J connectivity index is 1.83. The van der Waals surface area contributed by atoms with Crippen LogP contribution in [0, 0.1) is 0 Å². The number of fused-ring (bicyclic) bond motifs is 1. The Morgan fingerprint density at radius 2 is 1.92 bits per heavy atom. The molecule has 0 saturated heterocycles. The lowest BCUT2D eigenvalue weighted by Gasteiger charge is -2.16. The summed E-state index contributed by atoms with van der Waals surface area (Å²) in [5.41, 5.74) is 8.13. The van der Waals surface area contributed by atoms with Gasteiger partial charge in [-0.1, -0.05) is 42.5 Å². The Morgan fingerprint density at radius 1 is 1.11 bits per heavy atom. The number of methoxy groups -OCH3 is 1. The van der Waals surface area contributed by atoms with Gasteiger partial charge in [-0.05, 0) is 36.6 Å². The average Bonchev–Trinajstić information content (AvgIpc) is 3.28. The van der Waals surface area contributed by atoms with Gasteiger partial charge in [0.25, 0.3) is 0 Å². The molecule has 184 valence electrons. The van der Waals surface area contributed by atoms with Crippen molar-refractivity contribution >= 4 is 28.5 Å². The fraction of sp³-hybridized carbons (Fsp3) is 0.231. The van der Waals surface area contributed by atoms with Gasteiger partial charge in [-0.3, -0.25) is 4.99 Å². The van der Waals surface area contributed by atoms with Crippen LogP contribution >= 0.6 is 0 Å². The Hall–Kier alpha value is -4.21. The molecule has 3 heterocycles. The lowest BCUT2D eigenvalue weighted by atomic mass is 10.00. The largest absolute Gasteiger partial charge is 0.496 e. The quantitative estimate of drug-likeness (QED) is 0.605. The molecule has 1 aliphatic carbocycles. The SMILES string of the molecule is COc1ccccc1Cc1nc2c(=C3C=C(C(F)(F)F)N=C(C)C3)c(=C3C=CC=CC3)nc(N)n2n1. The normalized spacial score (nSPS) is 18.9. The number of hydrogen-bond acceptors (Lipinski definition) is 6. The minimum absolute atomic E-state index is 0.0970. The van der Waals surface area contributed by atoms with E-state index in [0.29, 0.717) is 51.9 Å². The van der Waals surface area contributed by atoms with Crippen LogP contribution in [0.3, 0.4) is 0 Å². The van der Waals surface area contributed by atoms with Crippen molar-refractivity contribution in [3.05, 3.63) is 82.3 Å². The fourth-order valence-corrected chi connectivity index (χ4v) is 4.39. The van der Waals surface area contributed by atoms with Crippen LogP contribution in [0.4, 0.5) is 19.1 Å². The van der Waals surface area contributed by atoms with Crippen LogP contribution in [-0.4, -0.2) is 38.6 Å². The minimum Gasteiger partial charge on any atom is -0.496 e.